The summed E-state index contributed by atoms with van der Waals surface area (Å²) in [7, 11) is 1.66. The van der Waals surface area contributed by atoms with Gasteiger partial charge in [0.1, 0.15) is 5.75 Å². The van der Waals surface area contributed by atoms with Crippen molar-refractivity contribution >= 4 is 24.2 Å². The first-order valence-electron chi connectivity index (χ1n) is 9.42. The SMILES string of the molecule is COc1ccccc1CC(C)CC(=O)N1CCCC(C(=O)NCCN)C1.Cl. The number of halogens is 1. The lowest BCUT2D eigenvalue weighted by atomic mass is 9.94. The Balaban J connectivity index is 0.00000364. The summed E-state index contributed by atoms with van der Waals surface area (Å²) in [6.07, 6.45) is 2.98. The summed E-state index contributed by atoms with van der Waals surface area (Å²) in [6.45, 7) is 4.25. The van der Waals surface area contributed by atoms with Gasteiger partial charge in [-0.2, -0.15) is 0 Å². The number of piperidine rings is 1. The second kappa shape index (κ2) is 11.8. The van der Waals surface area contributed by atoms with Crippen molar-refractivity contribution in [3.05, 3.63) is 29.8 Å². The number of nitrogens with two attached hydrogens (primary N) is 1. The molecule has 2 amide bonds. The normalized spacial score (nSPS) is 17.6. The first-order chi connectivity index (χ1) is 12.5. The number of amides is 2. The number of nitrogens with zero attached hydrogens (tertiary/aromatic N) is 1. The van der Waals surface area contributed by atoms with Gasteiger partial charge in [-0.05, 0) is 36.8 Å². The molecular formula is C20H32ClN3O3. The van der Waals surface area contributed by atoms with Crippen molar-refractivity contribution in [1.82, 2.24) is 10.2 Å². The van der Waals surface area contributed by atoms with Crippen LogP contribution in [-0.2, 0) is 16.0 Å². The van der Waals surface area contributed by atoms with E-state index in [0.29, 0.717) is 26.1 Å². The second-order valence-corrected chi connectivity index (χ2v) is 7.08. The number of hydrogen-bond donors (Lipinski definition) is 2. The molecule has 3 N–H and O–H groups in total. The maximum atomic E-state index is 12.7. The van der Waals surface area contributed by atoms with Crippen molar-refractivity contribution in [3.63, 3.8) is 0 Å². The Morgan fingerprint density at radius 2 is 2.11 bits per heavy atom. The number of benzene rings is 1. The molecule has 152 valence electrons. The number of nitrogens with one attached hydrogen (secondary N) is 1. The van der Waals surface area contributed by atoms with Gasteiger partial charge in [0.2, 0.25) is 11.8 Å². The highest BCUT2D eigenvalue weighted by Crippen LogP contribution is 2.24. The van der Waals surface area contributed by atoms with Gasteiger partial charge in [-0.25, -0.2) is 0 Å². The standard InChI is InChI=1S/C20H31N3O3.ClH/c1-15(12-16-6-3-4-8-18(16)26-2)13-19(24)23-11-5-7-17(14-23)20(25)22-10-9-21;/h3-4,6,8,15,17H,5,7,9-14,21H2,1-2H3,(H,22,25);1H. The van der Waals surface area contributed by atoms with E-state index in [1.54, 1.807) is 7.11 Å². The van der Waals surface area contributed by atoms with E-state index in [0.717, 1.165) is 37.1 Å². The van der Waals surface area contributed by atoms with Crippen LogP contribution in [-0.4, -0.2) is 50.0 Å². The van der Waals surface area contributed by atoms with Crippen LogP contribution < -0.4 is 15.8 Å². The molecule has 0 saturated carbocycles. The number of carbonyl (C=O) groups excluding carboxylic acids is 2. The van der Waals surface area contributed by atoms with Crippen LogP contribution in [0.1, 0.15) is 31.7 Å². The summed E-state index contributed by atoms with van der Waals surface area (Å²) in [4.78, 5) is 26.7. The van der Waals surface area contributed by atoms with Crippen LogP contribution in [0.2, 0.25) is 0 Å². The predicted octanol–water partition coefficient (Wildman–Crippen LogP) is 2.00. The van der Waals surface area contributed by atoms with Gasteiger partial charge in [-0.15, -0.1) is 12.4 Å². The van der Waals surface area contributed by atoms with Gasteiger partial charge in [-0.3, -0.25) is 9.59 Å². The number of rotatable bonds is 8. The minimum atomic E-state index is -0.122. The summed E-state index contributed by atoms with van der Waals surface area (Å²) >= 11 is 0. The molecule has 1 heterocycles. The lowest BCUT2D eigenvalue weighted by molar-refractivity contribution is -0.136. The van der Waals surface area contributed by atoms with Crippen LogP contribution >= 0.6 is 12.4 Å². The molecule has 1 saturated heterocycles. The Bertz CT molecular complexity index is 612. The number of hydrogen-bond acceptors (Lipinski definition) is 4. The average Bonchev–Trinajstić information content (AvgIpc) is 2.66. The molecule has 2 rings (SSSR count). The molecule has 0 aromatic heterocycles. The zero-order valence-corrected chi connectivity index (χ0v) is 17.1. The number of likely N-dealkylation sites (tertiary alicyclic amines) is 1. The molecular weight excluding hydrogens is 366 g/mol. The van der Waals surface area contributed by atoms with E-state index in [4.69, 9.17) is 10.5 Å². The number of methoxy groups -OCH3 is 1. The average molecular weight is 398 g/mol. The van der Waals surface area contributed by atoms with Crippen molar-refractivity contribution in [3.8, 4) is 5.75 Å². The topological polar surface area (TPSA) is 84.7 Å². The van der Waals surface area contributed by atoms with E-state index in [1.165, 1.54) is 0 Å². The maximum Gasteiger partial charge on any atom is 0.224 e. The highest BCUT2D eigenvalue weighted by molar-refractivity contribution is 5.85. The molecule has 0 bridgehead atoms. The largest absolute Gasteiger partial charge is 0.496 e. The summed E-state index contributed by atoms with van der Waals surface area (Å²) in [6, 6.07) is 7.92. The molecule has 7 heteroatoms. The monoisotopic (exact) mass is 397 g/mol. The Hall–Kier alpha value is -1.79. The zero-order chi connectivity index (χ0) is 18.9. The fourth-order valence-electron chi connectivity index (χ4n) is 3.50. The number of para-hydroxylation sites is 1. The summed E-state index contributed by atoms with van der Waals surface area (Å²) in [5.41, 5.74) is 6.55. The van der Waals surface area contributed by atoms with Crippen molar-refractivity contribution < 1.29 is 14.3 Å². The highest BCUT2D eigenvalue weighted by Gasteiger charge is 2.28. The summed E-state index contributed by atoms with van der Waals surface area (Å²) in [5, 5.41) is 2.83. The molecule has 1 aromatic rings. The molecule has 1 aliphatic rings. The van der Waals surface area contributed by atoms with E-state index in [2.05, 4.69) is 12.2 Å². The third kappa shape index (κ3) is 7.03. The van der Waals surface area contributed by atoms with Gasteiger partial charge in [0.05, 0.1) is 13.0 Å². The van der Waals surface area contributed by atoms with Crippen molar-refractivity contribution in [2.45, 2.75) is 32.6 Å². The number of carbonyl (C=O) groups is 2. The zero-order valence-electron chi connectivity index (χ0n) is 16.3. The van der Waals surface area contributed by atoms with E-state index in [9.17, 15) is 9.59 Å². The molecule has 27 heavy (non-hydrogen) atoms. The Morgan fingerprint density at radius 1 is 1.37 bits per heavy atom. The van der Waals surface area contributed by atoms with Crippen molar-refractivity contribution in [2.75, 3.05) is 33.3 Å². The molecule has 2 atom stereocenters. The molecule has 0 radical (unpaired) electrons. The lowest BCUT2D eigenvalue weighted by Crippen LogP contribution is -2.46. The first kappa shape index (κ1) is 23.2. The van der Waals surface area contributed by atoms with Gasteiger partial charge in [0.15, 0.2) is 0 Å². The van der Waals surface area contributed by atoms with Crippen LogP contribution in [0.3, 0.4) is 0 Å². The second-order valence-electron chi connectivity index (χ2n) is 7.08. The molecule has 1 fully saturated rings. The van der Waals surface area contributed by atoms with E-state index < -0.39 is 0 Å². The van der Waals surface area contributed by atoms with Crippen LogP contribution in [0.5, 0.6) is 5.75 Å². The van der Waals surface area contributed by atoms with E-state index in [1.807, 2.05) is 29.2 Å². The third-order valence-electron chi connectivity index (χ3n) is 4.87. The number of ether oxygens (including phenoxy) is 1. The first-order valence-corrected chi connectivity index (χ1v) is 9.42. The lowest BCUT2D eigenvalue weighted by Gasteiger charge is -2.32. The van der Waals surface area contributed by atoms with Crippen molar-refractivity contribution in [1.29, 1.82) is 0 Å². The van der Waals surface area contributed by atoms with Crippen LogP contribution in [0.25, 0.3) is 0 Å². The molecule has 0 aliphatic carbocycles. The fourth-order valence-corrected chi connectivity index (χ4v) is 3.50. The van der Waals surface area contributed by atoms with Gasteiger partial charge in [-0.1, -0.05) is 25.1 Å². The van der Waals surface area contributed by atoms with Crippen LogP contribution in [0.15, 0.2) is 24.3 Å². The Kier molecular flexibility index (Phi) is 10.2. The van der Waals surface area contributed by atoms with Crippen LogP contribution in [0.4, 0.5) is 0 Å². The van der Waals surface area contributed by atoms with E-state index in [-0.39, 0.29) is 36.1 Å². The third-order valence-corrected chi connectivity index (χ3v) is 4.87. The highest BCUT2D eigenvalue weighted by atomic mass is 35.5. The smallest absolute Gasteiger partial charge is 0.224 e. The molecule has 1 aliphatic heterocycles. The van der Waals surface area contributed by atoms with Crippen molar-refractivity contribution in [2.24, 2.45) is 17.6 Å². The molecule has 6 nitrogen and oxygen atoms in total. The summed E-state index contributed by atoms with van der Waals surface area (Å²) in [5.74, 6) is 1.09. The fraction of sp³-hybridized carbons (Fsp3) is 0.600. The molecule has 0 spiro atoms. The van der Waals surface area contributed by atoms with Gasteiger partial charge in [0.25, 0.3) is 0 Å². The maximum absolute atomic E-state index is 12.7. The molecule has 2 unspecified atom stereocenters. The summed E-state index contributed by atoms with van der Waals surface area (Å²) < 4.78 is 5.39. The van der Waals surface area contributed by atoms with E-state index >= 15 is 0 Å². The minimum absolute atomic E-state index is 0. The van der Waals surface area contributed by atoms with Crippen LogP contribution in [0, 0.1) is 11.8 Å². The van der Waals surface area contributed by atoms with Gasteiger partial charge >= 0.3 is 0 Å². The molecule has 1 aromatic carbocycles. The van der Waals surface area contributed by atoms with Gasteiger partial charge < -0.3 is 20.7 Å². The Labute approximate surface area is 168 Å². The predicted molar refractivity (Wildman–Crippen MR) is 109 cm³/mol. The minimum Gasteiger partial charge on any atom is -0.496 e. The Morgan fingerprint density at radius 3 is 2.81 bits per heavy atom. The van der Waals surface area contributed by atoms with Gasteiger partial charge in [0, 0.05) is 32.6 Å². The quantitative estimate of drug-likeness (QED) is 0.702.